The van der Waals surface area contributed by atoms with Gasteiger partial charge in [0.25, 0.3) is 0 Å². The van der Waals surface area contributed by atoms with Crippen LogP contribution in [0.5, 0.6) is 0 Å². The van der Waals surface area contributed by atoms with Crippen molar-refractivity contribution in [2.75, 3.05) is 6.54 Å². The Labute approximate surface area is 112 Å². The molecule has 6 nitrogen and oxygen atoms in total. The molecule has 2 rings (SSSR count). The van der Waals surface area contributed by atoms with Gasteiger partial charge in [-0.15, -0.1) is 0 Å². The fraction of sp³-hybridized carbons (Fsp3) is 0.769. The number of carboxylic acids is 1. The summed E-state index contributed by atoms with van der Waals surface area (Å²) in [5, 5.41) is 13.0. The smallest absolute Gasteiger partial charge is 0.306 e. The number of carboxylic acid groups (broad SMARTS) is 1. The van der Waals surface area contributed by atoms with E-state index >= 15 is 0 Å². The van der Waals surface area contributed by atoms with Gasteiger partial charge in [0.2, 0.25) is 5.89 Å². The Balaban J connectivity index is 1.90. The Kier molecular flexibility index (Phi) is 4.52. The van der Waals surface area contributed by atoms with Crippen molar-refractivity contribution in [2.45, 2.75) is 52.1 Å². The van der Waals surface area contributed by atoms with Gasteiger partial charge >= 0.3 is 5.97 Å². The zero-order chi connectivity index (χ0) is 13.8. The molecule has 0 saturated carbocycles. The van der Waals surface area contributed by atoms with Gasteiger partial charge < -0.3 is 9.63 Å². The third-order valence-electron chi connectivity index (χ3n) is 3.69. The van der Waals surface area contributed by atoms with Gasteiger partial charge in [-0.2, -0.15) is 4.98 Å². The van der Waals surface area contributed by atoms with Gasteiger partial charge in [-0.05, 0) is 32.7 Å². The van der Waals surface area contributed by atoms with Crippen LogP contribution in [-0.4, -0.2) is 38.7 Å². The van der Waals surface area contributed by atoms with Gasteiger partial charge in [-0.25, -0.2) is 0 Å². The largest absolute Gasteiger partial charge is 0.481 e. The van der Waals surface area contributed by atoms with Crippen molar-refractivity contribution in [1.82, 2.24) is 15.0 Å². The van der Waals surface area contributed by atoms with Crippen LogP contribution in [0.15, 0.2) is 4.52 Å². The van der Waals surface area contributed by atoms with Gasteiger partial charge in [0.15, 0.2) is 5.82 Å². The van der Waals surface area contributed by atoms with E-state index in [4.69, 9.17) is 9.63 Å². The van der Waals surface area contributed by atoms with Crippen LogP contribution in [0, 0.1) is 5.92 Å². The average molecular weight is 267 g/mol. The van der Waals surface area contributed by atoms with E-state index in [1.165, 1.54) is 0 Å². The van der Waals surface area contributed by atoms with Gasteiger partial charge in [0, 0.05) is 12.5 Å². The maximum atomic E-state index is 11.0. The summed E-state index contributed by atoms with van der Waals surface area (Å²) in [6, 6.07) is 0.233. The molecule has 2 heterocycles. The van der Waals surface area contributed by atoms with E-state index in [1.54, 1.807) is 0 Å². The molecule has 0 bridgehead atoms. The Morgan fingerprint density at radius 1 is 1.58 bits per heavy atom. The molecule has 1 aliphatic heterocycles. The predicted molar refractivity (Wildman–Crippen MR) is 68.5 cm³/mol. The van der Waals surface area contributed by atoms with Crippen LogP contribution in [0.2, 0.25) is 0 Å². The fourth-order valence-corrected chi connectivity index (χ4v) is 2.53. The van der Waals surface area contributed by atoms with E-state index in [1.807, 2.05) is 0 Å². The summed E-state index contributed by atoms with van der Waals surface area (Å²) in [6.07, 6.45) is 3.21. The SMILES string of the molecule is CCCc1noc(CN2CCC(C(=O)O)CC2C)n1. The molecule has 0 spiro atoms. The molecule has 1 aliphatic rings. The standard InChI is InChI=1S/C13H21N3O3/c1-3-4-11-14-12(19-15-11)8-16-6-5-10(13(17)18)7-9(16)2/h9-10H,3-8H2,1-2H3,(H,17,18). The summed E-state index contributed by atoms with van der Waals surface area (Å²) in [7, 11) is 0. The maximum Gasteiger partial charge on any atom is 0.306 e. The first kappa shape index (κ1) is 14.0. The van der Waals surface area contributed by atoms with Gasteiger partial charge in [0.1, 0.15) is 0 Å². The number of hydrogen-bond acceptors (Lipinski definition) is 5. The van der Waals surface area contributed by atoms with Crippen molar-refractivity contribution in [1.29, 1.82) is 0 Å². The molecule has 0 aromatic carbocycles. The highest BCUT2D eigenvalue weighted by atomic mass is 16.5. The topological polar surface area (TPSA) is 79.5 Å². The van der Waals surface area contributed by atoms with Crippen molar-refractivity contribution in [3.05, 3.63) is 11.7 Å². The number of piperidine rings is 1. The van der Waals surface area contributed by atoms with Crippen molar-refractivity contribution >= 4 is 5.97 Å². The first-order chi connectivity index (χ1) is 9.10. The van der Waals surface area contributed by atoms with E-state index in [0.29, 0.717) is 25.3 Å². The quantitative estimate of drug-likeness (QED) is 0.874. The molecule has 6 heteroatoms. The highest BCUT2D eigenvalue weighted by Crippen LogP contribution is 2.24. The van der Waals surface area contributed by atoms with Crippen molar-refractivity contribution in [3.63, 3.8) is 0 Å². The minimum atomic E-state index is -0.686. The van der Waals surface area contributed by atoms with Crippen LogP contribution in [0.1, 0.15) is 44.8 Å². The summed E-state index contributed by atoms with van der Waals surface area (Å²) in [4.78, 5) is 17.5. The van der Waals surface area contributed by atoms with Gasteiger partial charge in [-0.3, -0.25) is 9.69 Å². The highest BCUT2D eigenvalue weighted by Gasteiger charge is 2.30. The molecule has 0 radical (unpaired) electrons. The van der Waals surface area contributed by atoms with Gasteiger partial charge in [-0.1, -0.05) is 12.1 Å². The second kappa shape index (κ2) is 6.14. The number of aliphatic carboxylic acids is 1. The predicted octanol–water partition coefficient (Wildman–Crippen LogP) is 1.71. The molecule has 0 amide bonds. The molecule has 106 valence electrons. The number of rotatable bonds is 5. The van der Waals surface area contributed by atoms with E-state index in [-0.39, 0.29) is 12.0 Å². The molecule has 2 unspecified atom stereocenters. The average Bonchev–Trinajstić information content (AvgIpc) is 2.79. The minimum absolute atomic E-state index is 0.218. The fourth-order valence-electron chi connectivity index (χ4n) is 2.53. The van der Waals surface area contributed by atoms with Crippen LogP contribution in [0.3, 0.4) is 0 Å². The van der Waals surface area contributed by atoms with Crippen LogP contribution in [0.4, 0.5) is 0 Å². The van der Waals surface area contributed by atoms with Crippen LogP contribution in [0.25, 0.3) is 0 Å². The minimum Gasteiger partial charge on any atom is -0.481 e. The first-order valence-electron chi connectivity index (χ1n) is 6.88. The Bertz CT molecular complexity index is 433. The molecular formula is C13H21N3O3. The molecule has 1 saturated heterocycles. The lowest BCUT2D eigenvalue weighted by Crippen LogP contribution is -2.42. The number of nitrogens with zero attached hydrogens (tertiary/aromatic N) is 3. The monoisotopic (exact) mass is 267 g/mol. The van der Waals surface area contributed by atoms with E-state index in [0.717, 1.165) is 25.2 Å². The van der Waals surface area contributed by atoms with Crippen LogP contribution < -0.4 is 0 Å². The zero-order valence-electron chi connectivity index (χ0n) is 11.5. The molecular weight excluding hydrogens is 246 g/mol. The maximum absolute atomic E-state index is 11.0. The van der Waals surface area contributed by atoms with Gasteiger partial charge in [0.05, 0.1) is 12.5 Å². The molecule has 0 aliphatic carbocycles. The molecule has 1 aromatic rings. The number of carbonyl (C=O) groups is 1. The molecule has 1 N–H and O–H groups in total. The third-order valence-corrected chi connectivity index (χ3v) is 3.69. The van der Waals surface area contributed by atoms with Crippen LogP contribution >= 0.6 is 0 Å². The normalized spacial score (nSPS) is 24.5. The highest BCUT2D eigenvalue weighted by molar-refractivity contribution is 5.70. The zero-order valence-corrected chi connectivity index (χ0v) is 11.5. The lowest BCUT2D eigenvalue weighted by atomic mass is 9.92. The Morgan fingerprint density at radius 2 is 2.37 bits per heavy atom. The third kappa shape index (κ3) is 3.53. The lowest BCUT2D eigenvalue weighted by molar-refractivity contribution is -0.144. The summed E-state index contributed by atoms with van der Waals surface area (Å²) in [5.74, 6) is 0.480. The second-order valence-electron chi connectivity index (χ2n) is 5.23. The number of aryl methyl sites for hydroxylation is 1. The summed E-state index contributed by atoms with van der Waals surface area (Å²) in [5.41, 5.74) is 0. The van der Waals surface area contributed by atoms with E-state index in [9.17, 15) is 4.79 Å². The lowest BCUT2D eigenvalue weighted by Gasteiger charge is -2.35. The first-order valence-corrected chi connectivity index (χ1v) is 6.88. The number of hydrogen-bond donors (Lipinski definition) is 1. The summed E-state index contributed by atoms with van der Waals surface area (Å²) in [6.45, 7) is 5.51. The summed E-state index contributed by atoms with van der Waals surface area (Å²) < 4.78 is 5.22. The summed E-state index contributed by atoms with van der Waals surface area (Å²) >= 11 is 0. The van der Waals surface area contributed by atoms with E-state index in [2.05, 4.69) is 28.9 Å². The Morgan fingerprint density at radius 3 is 3.00 bits per heavy atom. The molecule has 19 heavy (non-hydrogen) atoms. The molecule has 1 fully saturated rings. The molecule has 1 aromatic heterocycles. The van der Waals surface area contributed by atoms with Crippen molar-refractivity contribution < 1.29 is 14.4 Å². The number of likely N-dealkylation sites (tertiary alicyclic amines) is 1. The van der Waals surface area contributed by atoms with Crippen molar-refractivity contribution in [2.24, 2.45) is 5.92 Å². The van der Waals surface area contributed by atoms with Crippen LogP contribution in [-0.2, 0) is 17.8 Å². The van der Waals surface area contributed by atoms with Crippen molar-refractivity contribution in [3.8, 4) is 0 Å². The van der Waals surface area contributed by atoms with E-state index < -0.39 is 5.97 Å². The Hall–Kier alpha value is -1.43. The second-order valence-corrected chi connectivity index (χ2v) is 5.23. The molecule has 2 atom stereocenters. The number of aromatic nitrogens is 2.